The molecule has 0 bridgehead atoms. The van der Waals surface area contributed by atoms with E-state index in [1.165, 1.54) is 18.0 Å². The van der Waals surface area contributed by atoms with Crippen LogP contribution < -0.4 is 5.32 Å². The lowest BCUT2D eigenvalue weighted by Gasteiger charge is -2.31. The van der Waals surface area contributed by atoms with Crippen LogP contribution in [0.4, 0.5) is 4.39 Å². The second-order valence-electron chi connectivity index (χ2n) is 6.26. The zero-order valence-corrected chi connectivity index (χ0v) is 14.5. The Hall–Kier alpha value is -1.88. The van der Waals surface area contributed by atoms with Crippen molar-refractivity contribution in [3.8, 4) is 0 Å². The largest absolute Gasteiger partial charge is 0.354 e. The zero-order chi connectivity index (χ0) is 17.7. The SMILES string of the molecule is C=CC(=O)N(C)CC(=O)NCC1(c2cccc(Cl)c2F)CCCC1. The first-order chi connectivity index (χ1) is 11.4. The number of nitrogens with one attached hydrogen (secondary N) is 1. The van der Waals surface area contributed by atoms with Gasteiger partial charge in [-0.15, -0.1) is 0 Å². The standard InChI is InChI=1S/C18H22ClFN2O2/c1-3-16(24)22(2)11-15(23)21-12-18(9-4-5-10-18)13-7-6-8-14(19)17(13)20/h3,6-8H,1,4-5,9-12H2,2H3,(H,21,23). The van der Waals surface area contributed by atoms with Gasteiger partial charge in [-0.1, -0.05) is 43.2 Å². The molecule has 1 N–H and O–H groups in total. The lowest BCUT2D eigenvalue weighted by atomic mass is 9.78. The highest BCUT2D eigenvalue weighted by atomic mass is 35.5. The molecule has 1 aromatic carbocycles. The monoisotopic (exact) mass is 352 g/mol. The summed E-state index contributed by atoms with van der Waals surface area (Å²) in [6.07, 6.45) is 4.72. The Labute approximate surface area is 146 Å². The molecule has 2 amide bonds. The fourth-order valence-electron chi connectivity index (χ4n) is 3.28. The van der Waals surface area contributed by atoms with Gasteiger partial charge in [0.1, 0.15) is 5.82 Å². The summed E-state index contributed by atoms with van der Waals surface area (Å²) >= 11 is 5.92. The molecule has 0 aromatic heterocycles. The van der Waals surface area contributed by atoms with E-state index in [0.29, 0.717) is 12.1 Å². The molecule has 0 spiro atoms. The van der Waals surface area contributed by atoms with Gasteiger partial charge in [-0.05, 0) is 30.5 Å². The number of carbonyl (C=O) groups is 2. The normalized spacial score (nSPS) is 15.8. The molecule has 0 atom stereocenters. The molecule has 1 aliphatic rings. The van der Waals surface area contributed by atoms with Gasteiger partial charge >= 0.3 is 0 Å². The van der Waals surface area contributed by atoms with Gasteiger partial charge in [0, 0.05) is 19.0 Å². The molecule has 4 nitrogen and oxygen atoms in total. The van der Waals surface area contributed by atoms with Crippen LogP contribution in [0.2, 0.25) is 5.02 Å². The molecule has 0 unspecified atom stereocenters. The molecule has 130 valence electrons. The van der Waals surface area contributed by atoms with Gasteiger partial charge in [-0.3, -0.25) is 9.59 Å². The number of hydrogen-bond acceptors (Lipinski definition) is 2. The van der Waals surface area contributed by atoms with E-state index < -0.39 is 11.2 Å². The molecule has 24 heavy (non-hydrogen) atoms. The third-order valence-electron chi connectivity index (χ3n) is 4.64. The van der Waals surface area contributed by atoms with Crippen LogP contribution in [0.25, 0.3) is 0 Å². The van der Waals surface area contributed by atoms with Crippen LogP contribution in [0.15, 0.2) is 30.9 Å². The number of likely N-dealkylation sites (N-methyl/N-ethyl adjacent to an activating group) is 1. The van der Waals surface area contributed by atoms with E-state index in [1.807, 2.05) is 0 Å². The minimum absolute atomic E-state index is 0.0566. The van der Waals surface area contributed by atoms with Gasteiger partial charge < -0.3 is 10.2 Å². The minimum atomic E-state index is -0.439. The zero-order valence-electron chi connectivity index (χ0n) is 13.8. The van der Waals surface area contributed by atoms with Crippen molar-refractivity contribution >= 4 is 23.4 Å². The maximum absolute atomic E-state index is 14.5. The summed E-state index contributed by atoms with van der Waals surface area (Å²) in [4.78, 5) is 24.8. The van der Waals surface area contributed by atoms with E-state index in [0.717, 1.165) is 31.8 Å². The average Bonchev–Trinajstić information content (AvgIpc) is 3.04. The van der Waals surface area contributed by atoms with Crippen LogP contribution in [0.5, 0.6) is 0 Å². The molecular formula is C18H22ClFN2O2. The van der Waals surface area contributed by atoms with Gasteiger partial charge in [0.05, 0.1) is 11.6 Å². The van der Waals surface area contributed by atoms with Gasteiger partial charge in [0.25, 0.3) is 0 Å². The van der Waals surface area contributed by atoms with Crippen molar-refractivity contribution in [2.75, 3.05) is 20.1 Å². The van der Waals surface area contributed by atoms with Gasteiger partial charge in [-0.25, -0.2) is 4.39 Å². The summed E-state index contributed by atoms with van der Waals surface area (Å²) in [6.45, 7) is 3.67. The van der Waals surface area contributed by atoms with Gasteiger partial charge in [0.2, 0.25) is 11.8 Å². The summed E-state index contributed by atoms with van der Waals surface area (Å²) in [6, 6.07) is 5.00. The quantitative estimate of drug-likeness (QED) is 0.800. The van der Waals surface area contributed by atoms with Crippen LogP contribution in [0.3, 0.4) is 0 Å². The number of benzene rings is 1. The van der Waals surface area contributed by atoms with Crippen LogP contribution in [0.1, 0.15) is 31.2 Å². The van der Waals surface area contributed by atoms with E-state index in [-0.39, 0.29) is 23.4 Å². The third kappa shape index (κ3) is 3.96. The van der Waals surface area contributed by atoms with Crippen molar-refractivity contribution in [3.63, 3.8) is 0 Å². The number of amides is 2. The predicted molar refractivity (Wildman–Crippen MR) is 92.4 cm³/mol. The van der Waals surface area contributed by atoms with Gasteiger partial charge in [0.15, 0.2) is 0 Å². The molecule has 1 aromatic rings. The molecule has 6 heteroatoms. The Morgan fingerprint density at radius 3 is 2.71 bits per heavy atom. The third-order valence-corrected chi connectivity index (χ3v) is 4.93. The minimum Gasteiger partial charge on any atom is -0.354 e. The maximum Gasteiger partial charge on any atom is 0.246 e. The Morgan fingerprint density at radius 2 is 2.08 bits per heavy atom. The first-order valence-electron chi connectivity index (χ1n) is 7.98. The van der Waals surface area contributed by atoms with E-state index in [1.54, 1.807) is 12.1 Å². The number of hydrogen-bond donors (Lipinski definition) is 1. The first kappa shape index (κ1) is 18.5. The Bertz CT molecular complexity index is 642. The second kappa shape index (κ2) is 7.79. The van der Waals surface area contributed by atoms with Crippen molar-refractivity contribution in [1.82, 2.24) is 10.2 Å². The van der Waals surface area contributed by atoms with Crippen molar-refractivity contribution in [3.05, 3.63) is 47.3 Å². The van der Waals surface area contributed by atoms with Crippen LogP contribution in [0, 0.1) is 5.82 Å². The van der Waals surface area contributed by atoms with Crippen molar-refractivity contribution < 1.29 is 14.0 Å². The van der Waals surface area contributed by atoms with Crippen molar-refractivity contribution in [2.24, 2.45) is 0 Å². The summed E-state index contributed by atoms with van der Waals surface area (Å²) < 4.78 is 14.5. The second-order valence-corrected chi connectivity index (χ2v) is 6.67. The highest BCUT2D eigenvalue weighted by Gasteiger charge is 2.38. The Balaban J connectivity index is 2.09. The number of halogens is 2. The molecule has 0 radical (unpaired) electrons. The van der Waals surface area contributed by atoms with Crippen LogP contribution >= 0.6 is 11.6 Å². The van der Waals surface area contributed by atoms with E-state index >= 15 is 0 Å². The average molecular weight is 353 g/mol. The van der Waals surface area contributed by atoms with E-state index in [2.05, 4.69) is 11.9 Å². The van der Waals surface area contributed by atoms with Crippen LogP contribution in [-0.4, -0.2) is 36.9 Å². The molecule has 0 heterocycles. The predicted octanol–water partition coefficient (Wildman–Crippen LogP) is 3.05. The summed E-state index contributed by atoms with van der Waals surface area (Å²) in [7, 11) is 1.53. The Morgan fingerprint density at radius 1 is 1.42 bits per heavy atom. The van der Waals surface area contributed by atoms with E-state index in [9.17, 15) is 14.0 Å². The molecular weight excluding hydrogens is 331 g/mol. The number of nitrogens with zero attached hydrogens (tertiary/aromatic N) is 1. The molecule has 2 rings (SSSR count). The topological polar surface area (TPSA) is 49.4 Å². The summed E-state index contributed by atoms with van der Waals surface area (Å²) in [5.41, 5.74) is 0.120. The van der Waals surface area contributed by atoms with Crippen molar-refractivity contribution in [1.29, 1.82) is 0 Å². The fraction of sp³-hybridized carbons (Fsp3) is 0.444. The lowest BCUT2D eigenvalue weighted by Crippen LogP contribution is -2.44. The number of carbonyl (C=O) groups excluding carboxylic acids is 2. The maximum atomic E-state index is 14.5. The molecule has 0 saturated heterocycles. The van der Waals surface area contributed by atoms with Gasteiger partial charge in [-0.2, -0.15) is 0 Å². The lowest BCUT2D eigenvalue weighted by molar-refractivity contribution is -0.131. The first-order valence-corrected chi connectivity index (χ1v) is 8.36. The highest BCUT2D eigenvalue weighted by molar-refractivity contribution is 6.30. The molecule has 1 fully saturated rings. The fourth-order valence-corrected chi connectivity index (χ4v) is 3.45. The van der Waals surface area contributed by atoms with Crippen LogP contribution in [-0.2, 0) is 15.0 Å². The molecule has 0 aliphatic heterocycles. The molecule has 1 saturated carbocycles. The smallest absolute Gasteiger partial charge is 0.246 e. The highest BCUT2D eigenvalue weighted by Crippen LogP contribution is 2.42. The van der Waals surface area contributed by atoms with E-state index in [4.69, 9.17) is 11.6 Å². The molecule has 1 aliphatic carbocycles. The Kier molecular flexibility index (Phi) is 5.99. The summed E-state index contributed by atoms with van der Waals surface area (Å²) in [5, 5.41) is 2.94. The van der Waals surface area contributed by atoms with Crippen molar-refractivity contribution in [2.45, 2.75) is 31.1 Å². The summed E-state index contributed by atoms with van der Waals surface area (Å²) in [5.74, 6) is -1.00. The number of rotatable bonds is 6.